The fourth-order valence-corrected chi connectivity index (χ4v) is 6.32. The van der Waals surface area contributed by atoms with Crippen LogP contribution in [0.1, 0.15) is 29.5 Å². The van der Waals surface area contributed by atoms with E-state index >= 15 is 0 Å². The van der Waals surface area contributed by atoms with Crippen molar-refractivity contribution in [2.45, 2.75) is 23.3 Å². The van der Waals surface area contributed by atoms with Crippen LogP contribution in [0.25, 0.3) is 0 Å². The van der Waals surface area contributed by atoms with E-state index in [1.807, 2.05) is 30.3 Å². The molecule has 3 aromatic rings. The van der Waals surface area contributed by atoms with Gasteiger partial charge < -0.3 is 5.32 Å². The topological polar surface area (TPSA) is 58.2 Å². The van der Waals surface area contributed by atoms with Gasteiger partial charge in [-0.3, -0.25) is 4.72 Å². The summed E-state index contributed by atoms with van der Waals surface area (Å²) in [4.78, 5) is 0.171. The summed E-state index contributed by atoms with van der Waals surface area (Å²) in [7, 11) is -3.85. The molecule has 0 amide bonds. The van der Waals surface area contributed by atoms with Crippen molar-refractivity contribution in [1.29, 1.82) is 0 Å². The number of sulfonamides is 1. The molecule has 1 heterocycles. The summed E-state index contributed by atoms with van der Waals surface area (Å²) in [5, 5.41) is 4.76. The Bertz CT molecular complexity index is 1340. The molecule has 0 bridgehead atoms. The quantitative estimate of drug-likeness (QED) is 0.366. The van der Waals surface area contributed by atoms with E-state index in [1.165, 1.54) is 0 Å². The molecule has 8 heteroatoms. The second-order valence-electron chi connectivity index (χ2n) is 7.95. The molecule has 5 rings (SSSR count). The zero-order valence-electron chi connectivity index (χ0n) is 16.7. The lowest BCUT2D eigenvalue weighted by molar-refractivity contribution is 0.425. The van der Waals surface area contributed by atoms with Crippen LogP contribution in [0, 0.1) is 5.92 Å². The third-order valence-corrected chi connectivity index (χ3v) is 8.61. The highest BCUT2D eigenvalue weighted by Crippen LogP contribution is 2.51. The molecule has 0 unspecified atom stereocenters. The van der Waals surface area contributed by atoms with Crippen LogP contribution in [0.4, 0.5) is 11.4 Å². The van der Waals surface area contributed by atoms with Crippen molar-refractivity contribution >= 4 is 56.2 Å². The summed E-state index contributed by atoms with van der Waals surface area (Å²) in [5.41, 5.74) is 3.15. The Morgan fingerprint density at radius 1 is 0.906 bits per heavy atom. The number of fused-ring (bicyclic) bond motifs is 3. The van der Waals surface area contributed by atoms with Crippen molar-refractivity contribution in [3.05, 3.63) is 99.0 Å². The van der Waals surface area contributed by atoms with Crippen LogP contribution in [-0.2, 0) is 10.0 Å². The predicted molar refractivity (Wildman–Crippen MR) is 132 cm³/mol. The van der Waals surface area contributed by atoms with Crippen LogP contribution in [0.2, 0.25) is 15.1 Å². The molecule has 4 nitrogen and oxygen atoms in total. The Morgan fingerprint density at radius 3 is 2.50 bits per heavy atom. The molecule has 1 aliphatic carbocycles. The van der Waals surface area contributed by atoms with E-state index in [1.54, 1.807) is 30.3 Å². The Hall–Kier alpha value is -2.18. The van der Waals surface area contributed by atoms with Gasteiger partial charge >= 0.3 is 0 Å². The van der Waals surface area contributed by atoms with E-state index in [4.69, 9.17) is 34.8 Å². The summed E-state index contributed by atoms with van der Waals surface area (Å²) in [6.07, 6.45) is 5.20. The Balaban J connectivity index is 1.51. The van der Waals surface area contributed by atoms with E-state index in [2.05, 4.69) is 22.2 Å². The average Bonchev–Trinajstić information content (AvgIpc) is 3.27. The van der Waals surface area contributed by atoms with Crippen LogP contribution in [0.3, 0.4) is 0 Å². The maximum atomic E-state index is 13.1. The lowest BCUT2D eigenvalue weighted by Gasteiger charge is -2.38. The summed E-state index contributed by atoms with van der Waals surface area (Å²) >= 11 is 18.7. The first kappa shape index (κ1) is 21.7. The molecule has 2 N–H and O–H groups in total. The van der Waals surface area contributed by atoms with Gasteiger partial charge in [-0.2, -0.15) is 0 Å². The Morgan fingerprint density at radius 2 is 1.69 bits per heavy atom. The number of nitrogens with one attached hydrogen (secondary N) is 2. The largest absolute Gasteiger partial charge is 0.378 e. The number of benzene rings is 3. The van der Waals surface area contributed by atoms with E-state index in [-0.39, 0.29) is 38.5 Å². The van der Waals surface area contributed by atoms with E-state index in [0.29, 0.717) is 0 Å². The van der Waals surface area contributed by atoms with Crippen LogP contribution < -0.4 is 10.0 Å². The monoisotopic (exact) mass is 504 g/mol. The summed E-state index contributed by atoms with van der Waals surface area (Å²) in [6, 6.07) is 17.9. The molecule has 0 fully saturated rings. The van der Waals surface area contributed by atoms with Gasteiger partial charge in [0.15, 0.2) is 0 Å². The van der Waals surface area contributed by atoms with Crippen LogP contribution in [0.5, 0.6) is 0 Å². The molecule has 0 saturated carbocycles. The highest BCUT2D eigenvalue weighted by atomic mass is 35.5. The molecule has 32 heavy (non-hydrogen) atoms. The standard InChI is InChI=1S/C24H19Cl3N2O2S/c25-19-8-2-1-5-17(19)24-16-7-3-6-15(16)18-13-14(11-12-21(18)28-24)32(30,31)29-22-10-4-9-20(26)23(22)27/h1-6,8-13,15-16,24,28-29H,7H2/t15-,16+,24-/m0/s1. The highest BCUT2D eigenvalue weighted by molar-refractivity contribution is 7.92. The predicted octanol–water partition coefficient (Wildman–Crippen LogP) is 7.27. The minimum Gasteiger partial charge on any atom is -0.378 e. The summed E-state index contributed by atoms with van der Waals surface area (Å²) in [6.45, 7) is 0. The first-order valence-corrected chi connectivity index (χ1v) is 12.8. The summed E-state index contributed by atoms with van der Waals surface area (Å²) < 4.78 is 28.8. The number of allylic oxidation sites excluding steroid dienone is 2. The zero-order chi connectivity index (χ0) is 22.5. The molecule has 0 aromatic heterocycles. The van der Waals surface area contributed by atoms with E-state index < -0.39 is 10.0 Å². The van der Waals surface area contributed by atoms with Gasteiger partial charge in [0.05, 0.1) is 26.7 Å². The van der Waals surface area contributed by atoms with Gasteiger partial charge in [0.1, 0.15) is 0 Å². The van der Waals surface area contributed by atoms with Crippen LogP contribution >= 0.6 is 34.8 Å². The maximum Gasteiger partial charge on any atom is 0.261 e. The third-order valence-electron chi connectivity index (χ3n) is 6.08. The van der Waals surface area contributed by atoms with Gasteiger partial charge in [-0.1, -0.05) is 71.2 Å². The minimum atomic E-state index is -3.85. The SMILES string of the molecule is O=S(=O)(Nc1cccc(Cl)c1Cl)c1ccc2c(c1)[C@H]1C=CC[C@H]1[C@@H](c1ccccc1Cl)N2. The number of hydrogen-bond donors (Lipinski definition) is 2. The summed E-state index contributed by atoms with van der Waals surface area (Å²) in [5.74, 6) is 0.341. The smallest absolute Gasteiger partial charge is 0.261 e. The molecule has 3 aromatic carbocycles. The molecule has 1 aliphatic heterocycles. The number of halogens is 3. The average molecular weight is 506 g/mol. The second-order valence-corrected chi connectivity index (χ2v) is 10.8. The van der Waals surface area contributed by atoms with Crippen molar-refractivity contribution < 1.29 is 8.42 Å². The van der Waals surface area contributed by atoms with Crippen molar-refractivity contribution in [2.75, 3.05) is 10.0 Å². The molecule has 2 aliphatic rings. The van der Waals surface area contributed by atoms with Gasteiger partial charge in [0.25, 0.3) is 10.0 Å². The molecule has 3 atom stereocenters. The normalized spacial score (nSPS) is 21.5. The Labute approximate surface area is 202 Å². The van der Waals surface area contributed by atoms with Gasteiger partial charge in [-0.15, -0.1) is 0 Å². The zero-order valence-corrected chi connectivity index (χ0v) is 19.8. The van der Waals surface area contributed by atoms with Crippen molar-refractivity contribution in [3.8, 4) is 0 Å². The highest BCUT2D eigenvalue weighted by Gasteiger charge is 2.39. The lowest BCUT2D eigenvalue weighted by atomic mass is 9.77. The Kier molecular flexibility index (Phi) is 5.62. The molecular weight excluding hydrogens is 487 g/mol. The van der Waals surface area contributed by atoms with E-state index in [9.17, 15) is 8.42 Å². The third kappa shape index (κ3) is 3.77. The van der Waals surface area contributed by atoms with Gasteiger partial charge in [0.2, 0.25) is 0 Å². The lowest BCUT2D eigenvalue weighted by Crippen LogP contribution is -2.29. The van der Waals surface area contributed by atoms with Crippen LogP contribution in [-0.4, -0.2) is 8.42 Å². The fourth-order valence-electron chi connectivity index (χ4n) is 4.56. The number of rotatable bonds is 4. The van der Waals surface area contributed by atoms with Crippen molar-refractivity contribution in [3.63, 3.8) is 0 Å². The van der Waals surface area contributed by atoms with Crippen molar-refractivity contribution in [2.24, 2.45) is 5.92 Å². The first-order valence-electron chi connectivity index (χ1n) is 10.1. The molecule has 0 radical (unpaired) electrons. The molecule has 0 spiro atoms. The van der Waals surface area contributed by atoms with E-state index in [0.717, 1.165) is 28.3 Å². The molecule has 164 valence electrons. The fraction of sp³-hybridized carbons (Fsp3) is 0.167. The first-order chi connectivity index (χ1) is 15.3. The number of hydrogen-bond acceptors (Lipinski definition) is 3. The maximum absolute atomic E-state index is 13.1. The van der Waals surface area contributed by atoms with Crippen molar-refractivity contribution in [1.82, 2.24) is 0 Å². The van der Waals surface area contributed by atoms with Crippen LogP contribution in [0.15, 0.2) is 77.7 Å². The van der Waals surface area contributed by atoms with Gasteiger partial charge in [0, 0.05) is 16.6 Å². The number of anilines is 2. The van der Waals surface area contributed by atoms with Gasteiger partial charge in [-0.05, 0) is 59.9 Å². The van der Waals surface area contributed by atoms with Gasteiger partial charge in [-0.25, -0.2) is 8.42 Å². The molecule has 0 saturated heterocycles. The minimum absolute atomic E-state index is 0.0436. The molecular formula is C24H19Cl3N2O2S. The second kappa shape index (κ2) is 8.31.